The molecule has 5 bridgehead atoms. The number of nitrogens with one attached hydrogen (secondary N) is 2. The first-order valence-corrected chi connectivity index (χ1v) is 24.7. The number of benzene rings is 2. The van der Waals surface area contributed by atoms with Crippen molar-refractivity contribution in [2.45, 2.75) is 117 Å². The van der Waals surface area contributed by atoms with Crippen molar-refractivity contribution in [3.63, 3.8) is 0 Å². The maximum Gasteiger partial charge on any atom is 0.312 e. The lowest BCUT2D eigenvalue weighted by Gasteiger charge is -2.38. The van der Waals surface area contributed by atoms with Gasteiger partial charge in [0, 0.05) is 111 Å². The average Bonchev–Trinajstić information content (AvgIpc) is 4.02. The number of aromatic nitrogens is 1. The minimum Gasteiger partial charge on any atom is -0.507 e. The number of nitrogens with zero attached hydrogens (tertiary/aromatic N) is 4. The summed E-state index contributed by atoms with van der Waals surface area (Å²) in [6.45, 7) is 15.4. The molecule has 20 nitrogen and oxygen atoms in total. The van der Waals surface area contributed by atoms with Gasteiger partial charge in [-0.05, 0) is 44.9 Å². The lowest BCUT2D eigenvalue weighted by molar-refractivity contribution is -0.160. The van der Waals surface area contributed by atoms with Crippen LogP contribution in [-0.4, -0.2) is 140 Å². The van der Waals surface area contributed by atoms with Crippen molar-refractivity contribution in [3.8, 4) is 23.0 Å². The lowest BCUT2D eigenvalue weighted by Crippen LogP contribution is -2.47. The number of ether oxygens (including phenoxy) is 4. The van der Waals surface area contributed by atoms with E-state index >= 15 is 0 Å². The summed E-state index contributed by atoms with van der Waals surface area (Å²) < 4.78 is 23.7. The van der Waals surface area contributed by atoms with Crippen LogP contribution in [0.2, 0.25) is 0 Å². The summed E-state index contributed by atoms with van der Waals surface area (Å²) in [5.41, 5.74) is 2.23. The zero-order chi connectivity index (χ0) is 53.5. The number of carbonyl (C=O) groups excluding carboxylic acids is 4. The third-order valence-electron chi connectivity index (χ3n) is 14.6. The Morgan fingerprint density at radius 1 is 0.932 bits per heavy atom. The molecule has 1 aliphatic carbocycles. The number of piperazine rings is 1. The first-order chi connectivity index (χ1) is 34.6. The van der Waals surface area contributed by atoms with E-state index in [1.165, 1.54) is 97.5 Å². The third-order valence-corrected chi connectivity index (χ3v) is 14.6. The van der Waals surface area contributed by atoms with Crippen molar-refractivity contribution in [1.82, 2.24) is 20.3 Å². The number of fused-ring (bicyclic) bond motifs is 14. The molecule has 5 aliphatic rings. The fraction of sp³-hybridized carbons (Fsp3) is 0.509. The number of allylic oxidation sites excluding steroid dienone is 2. The van der Waals surface area contributed by atoms with Crippen LogP contribution in [0.25, 0.3) is 10.8 Å². The normalized spacial score (nSPS) is 29.2. The number of aromatic hydroxyl groups is 3. The summed E-state index contributed by atoms with van der Waals surface area (Å²) in [5, 5.41) is 67.6. The van der Waals surface area contributed by atoms with Crippen LogP contribution in [0.15, 0.2) is 65.8 Å². The molecule has 2 fully saturated rings. The molecule has 4 aliphatic heterocycles. The molecule has 73 heavy (non-hydrogen) atoms. The van der Waals surface area contributed by atoms with Crippen LogP contribution in [0.1, 0.15) is 106 Å². The Labute approximate surface area is 425 Å². The van der Waals surface area contributed by atoms with E-state index in [0.717, 1.165) is 13.1 Å². The van der Waals surface area contributed by atoms with Gasteiger partial charge in [-0.25, -0.2) is 5.84 Å². The number of amides is 2. The van der Waals surface area contributed by atoms with Crippen LogP contribution >= 0.6 is 0 Å². The number of phenolic OH excluding ortho intramolecular Hbond substituents is 3. The number of phenols is 3. The van der Waals surface area contributed by atoms with E-state index in [1.807, 2.05) is 10.4 Å². The number of nitrogen functional groups attached to an aromatic ring is 1. The van der Waals surface area contributed by atoms with Crippen LogP contribution in [0.5, 0.6) is 23.0 Å². The van der Waals surface area contributed by atoms with Gasteiger partial charge in [0.1, 0.15) is 23.4 Å². The molecule has 20 heteroatoms. The molecule has 1 aromatic heterocycles. The molecule has 396 valence electrons. The molecular formula is C53H71N7O13. The fourth-order valence-electron chi connectivity index (χ4n) is 10.1. The first-order valence-electron chi connectivity index (χ1n) is 24.7. The highest BCUT2D eigenvalue weighted by Crippen LogP contribution is 2.55. The molecule has 9 atom stereocenters. The van der Waals surface area contributed by atoms with Gasteiger partial charge in [-0.2, -0.15) is 5.10 Å². The monoisotopic (exact) mass is 1010 g/mol. The molecule has 3 aromatic rings. The van der Waals surface area contributed by atoms with Crippen molar-refractivity contribution < 1.29 is 63.7 Å². The van der Waals surface area contributed by atoms with Gasteiger partial charge in [-0.3, -0.25) is 39.5 Å². The number of aliphatic hydroxyl groups excluding tert-OH is 2. The largest absolute Gasteiger partial charge is 0.507 e. The molecule has 2 amide bonds. The van der Waals surface area contributed by atoms with Crippen molar-refractivity contribution in [2.24, 2.45) is 34.6 Å². The first kappa shape index (κ1) is 55.7. The van der Waals surface area contributed by atoms with Crippen molar-refractivity contribution >= 4 is 46.2 Å². The number of nitrogens with two attached hydrogens (primary N) is 1. The molecule has 9 N–H and O–H groups in total. The third kappa shape index (κ3) is 12.1. The quantitative estimate of drug-likeness (QED) is 0.0294. The van der Waals surface area contributed by atoms with Crippen molar-refractivity contribution in [3.05, 3.63) is 82.9 Å². The number of esters is 1. The number of hydrogen-bond acceptors (Lipinski definition) is 18. The number of aliphatic hydroxyl groups is 2. The number of carbonyl (C=O) groups is 4. The molecule has 1 saturated heterocycles. The van der Waals surface area contributed by atoms with Gasteiger partial charge in [0.05, 0.1) is 53.0 Å². The van der Waals surface area contributed by atoms with E-state index in [9.17, 15) is 44.7 Å². The maximum atomic E-state index is 14.5. The zero-order valence-corrected chi connectivity index (χ0v) is 43.0. The summed E-state index contributed by atoms with van der Waals surface area (Å²) in [4.78, 5) is 57.7. The standard InChI is InChI=1S/C47H64N4O12.C6H7N3O/c1-24-13-12-14-25(2)46(59)49-37-32(23-48-51-20-18-50(19-21-51)31-15-10-11-16-31)41(56)34-35(42(37)57)40(55)29(6)44-36(34)45(58)47(8,63-44)61-22-17-33(60-9)26(3)43(62-30(7)52)28(5)39(54)27(4)38(24)53;7-9-6(10)5-1-3-8-4-2-5/h12-14,17,22-24,26-28,31,33,38-39,43,53-57H,10-11,15-16,18-21H2,1-9H3,(H,49,59);1-4H,7H2,(H,9,10)/b13-12+,22-17+,25-14-,48-23-;/t24-,26+,27+,28+,33-,38-,39+,43+,47-;/m0./s1. The predicted molar refractivity (Wildman–Crippen MR) is 273 cm³/mol. The van der Waals surface area contributed by atoms with Gasteiger partial charge in [0.2, 0.25) is 0 Å². The molecule has 5 heterocycles. The van der Waals surface area contributed by atoms with Gasteiger partial charge in [-0.15, -0.1) is 0 Å². The highest BCUT2D eigenvalue weighted by atomic mass is 16.7. The minimum atomic E-state index is -2.04. The SMILES string of the molecule is CO[C@H]1/C=C/O[C@@]2(C)Oc3c(C)c(O)c4c(O)c(c(/C=N\N5CCN(C6CCCC6)CC5)c(O)c4c3C2=O)NC(=O)/C(C)=C\C=C\[C@H](C)[C@H](O)[C@@H](C)[C@@H](O)[C@@H](C)[C@H](OC(C)=O)[C@@H]1C.NNC(=O)c1ccncc1. The Kier molecular flexibility index (Phi) is 18.3. The average molecular weight is 1010 g/mol. The zero-order valence-electron chi connectivity index (χ0n) is 43.0. The highest BCUT2D eigenvalue weighted by Gasteiger charge is 2.50. The Bertz CT molecular complexity index is 2630. The minimum absolute atomic E-state index is 0.0631. The highest BCUT2D eigenvalue weighted by molar-refractivity contribution is 6.24. The Morgan fingerprint density at radius 2 is 1.59 bits per heavy atom. The van der Waals surface area contributed by atoms with Crippen molar-refractivity contribution in [2.75, 3.05) is 38.6 Å². The number of anilines is 1. The number of hydrazine groups is 1. The number of Topliss-reactive ketones (excluding diaryl/α,β-unsaturated/α-hetero) is 1. The topological polar surface area (TPSA) is 288 Å². The fourth-order valence-corrected chi connectivity index (χ4v) is 10.1. The Balaban J connectivity index is 0.000000775. The second-order valence-corrected chi connectivity index (χ2v) is 19.5. The van der Waals surface area contributed by atoms with E-state index in [-0.39, 0.29) is 50.4 Å². The lowest BCUT2D eigenvalue weighted by atomic mass is 9.78. The summed E-state index contributed by atoms with van der Waals surface area (Å²) >= 11 is 0. The predicted octanol–water partition coefficient (Wildman–Crippen LogP) is 5.33. The summed E-state index contributed by atoms with van der Waals surface area (Å²) in [6, 6.07) is 3.72. The van der Waals surface area contributed by atoms with Gasteiger partial charge in [0.25, 0.3) is 17.6 Å². The smallest absolute Gasteiger partial charge is 0.312 e. The number of hydrazone groups is 1. The van der Waals surface area contributed by atoms with Crippen LogP contribution in [0, 0.1) is 30.6 Å². The Morgan fingerprint density at radius 3 is 2.21 bits per heavy atom. The van der Waals surface area contributed by atoms with E-state index in [2.05, 4.69) is 20.3 Å². The van der Waals surface area contributed by atoms with Crippen LogP contribution in [0.4, 0.5) is 5.69 Å². The van der Waals surface area contributed by atoms with E-state index in [0.29, 0.717) is 24.7 Å². The summed E-state index contributed by atoms with van der Waals surface area (Å²) in [5.74, 6) is -3.70. The second-order valence-electron chi connectivity index (χ2n) is 19.5. The van der Waals surface area contributed by atoms with E-state index in [1.54, 1.807) is 52.0 Å². The molecule has 8 rings (SSSR count). The molecule has 0 spiro atoms. The number of ketones is 1. The number of pyridine rings is 1. The number of rotatable bonds is 6. The van der Waals surface area contributed by atoms with Gasteiger partial charge in [-0.1, -0.05) is 58.8 Å². The van der Waals surface area contributed by atoms with Crippen LogP contribution in [-0.2, 0) is 23.8 Å². The van der Waals surface area contributed by atoms with Gasteiger partial charge < -0.3 is 49.8 Å². The molecule has 2 aromatic carbocycles. The number of hydrogen-bond donors (Lipinski definition) is 8. The molecular weight excluding hydrogens is 943 g/mol. The van der Waals surface area contributed by atoms with E-state index in [4.69, 9.17) is 24.8 Å². The van der Waals surface area contributed by atoms with Crippen LogP contribution in [0.3, 0.4) is 0 Å². The summed E-state index contributed by atoms with van der Waals surface area (Å²) in [7, 11) is 1.44. The second kappa shape index (κ2) is 24.0. The molecule has 0 unspecified atom stereocenters. The van der Waals surface area contributed by atoms with Gasteiger partial charge in [0.15, 0.2) is 5.75 Å². The van der Waals surface area contributed by atoms with Gasteiger partial charge >= 0.3 is 11.8 Å². The van der Waals surface area contributed by atoms with Crippen LogP contribution < -0.4 is 21.3 Å². The van der Waals surface area contributed by atoms with Crippen molar-refractivity contribution in [1.29, 1.82) is 0 Å². The summed E-state index contributed by atoms with van der Waals surface area (Å²) in [6.07, 6.45) is 12.8. The molecule has 1 saturated carbocycles. The number of methoxy groups -OCH3 is 1. The maximum absolute atomic E-state index is 14.5. The molecule has 0 radical (unpaired) electrons. The Hall–Kier alpha value is -6.58. The van der Waals surface area contributed by atoms with E-state index < -0.39 is 88.8 Å².